The molecule has 1 aliphatic rings. The molecule has 5 heteroatoms. The molecule has 1 saturated heterocycles. The van der Waals surface area contributed by atoms with Crippen molar-refractivity contribution in [2.24, 2.45) is 0 Å². The van der Waals surface area contributed by atoms with Crippen LogP contribution in [0.5, 0.6) is 0 Å². The number of nitriles is 1. The van der Waals surface area contributed by atoms with Gasteiger partial charge in [-0.15, -0.1) is 11.3 Å². The highest BCUT2D eigenvalue weighted by atomic mass is 32.1. The van der Waals surface area contributed by atoms with Gasteiger partial charge in [-0.2, -0.15) is 5.26 Å². The van der Waals surface area contributed by atoms with E-state index in [2.05, 4.69) is 17.9 Å². The fourth-order valence-corrected chi connectivity index (χ4v) is 4.04. The molecule has 0 bridgehead atoms. The smallest absolute Gasteiger partial charge is 0.263 e. The van der Waals surface area contributed by atoms with Gasteiger partial charge >= 0.3 is 0 Å². The Balaban J connectivity index is 1.73. The number of para-hydroxylation sites is 1. The Morgan fingerprint density at radius 3 is 2.67 bits per heavy atom. The molecule has 3 rings (SSSR count). The molecule has 0 spiro atoms. The number of carbonyl (C=O) groups is 1. The van der Waals surface area contributed by atoms with Gasteiger partial charge in [0.15, 0.2) is 0 Å². The standard InChI is InChI=1S/C19H21N3OS/c1-14-12-18(24-15(14)2)19(23)22-9-5-8-21(10-11-22)17-7-4-3-6-16(17)13-20/h3-4,6-7,12H,5,8-11H2,1-2H3. The van der Waals surface area contributed by atoms with E-state index in [4.69, 9.17) is 0 Å². The summed E-state index contributed by atoms with van der Waals surface area (Å²) in [5, 5.41) is 9.30. The number of carbonyl (C=O) groups excluding carboxylic acids is 1. The van der Waals surface area contributed by atoms with E-state index in [0.717, 1.165) is 36.6 Å². The zero-order chi connectivity index (χ0) is 17.1. The highest BCUT2D eigenvalue weighted by Crippen LogP contribution is 2.24. The average Bonchev–Trinajstić information content (AvgIpc) is 2.80. The quantitative estimate of drug-likeness (QED) is 0.840. The Morgan fingerprint density at radius 1 is 1.17 bits per heavy atom. The van der Waals surface area contributed by atoms with E-state index in [1.54, 1.807) is 11.3 Å². The molecule has 1 fully saturated rings. The number of anilines is 1. The van der Waals surface area contributed by atoms with Crippen molar-refractivity contribution in [1.29, 1.82) is 5.26 Å². The molecule has 0 unspecified atom stereocenters. The zero-order valence-corrected chi connectivity index (χ0v) is 14.9. The molecular formula is C19H21N3OS. The van der Waals surface area contributed by atoms with E-state index in [9.17, 15) is 10.1 Å². The van der Waals surface area contributed by atoms with Crippen molar-refractivity contribution in [3.8, 4) is 6.07 Å². The third-order valence-electron chi connectivity index (χ3n) is 4.53. The minimum Gasteiger partial charge on any atom is -0.369 e. The Hall–Kier alpha value is -2.32. The second-order valence-corrected chi connectivity index (χ2v) is 7.37. The van der Waals surface area contributed by atoms with E-state index in [1.807, 2.05) is 42.2 Å². The lowest BCUT2D eigenvalue weighted by Crippen LogP contribution is -2.35. The van der Waals surface area contributed by atoms with Crippen LogP contribution >= 0.6 is 11.3 Å². The maximum absolute atomic E-state index is 12.7. The molecule has 1 aromatic carbocycles. The fraction of sp³-hybridized carbons (Fsp3) is 0.368. The zero-order valence-electron chi connectivity index (χ0n) is 14.1. The molecule has 0 saturated carbocycles. The number of thiophene rings is 1. The van der Waals surface area contributed by atoms with E-state index in [1.165, 1.54) is 10.4 Å². The van der Waals surface area contributed by atoms with Crippen LogP contribution in [0.25, 0.3) is 0 Å². The van der Waals surface area contributed by atoms with Gasteiger partial charge in [-0.05, 0) is 44.0 Å². The van der Waals surface area contributed by atoms with Crippen LogP contribution in [0.15, 0.2) is 30.3 Å². The molecule has 24 heavy (non-hydrogen) atoms. The van der Waals surface area contributed by atoms with Crippen LogP contribution in [0.2, 0.25) is 0 Å². The topological polar surface area (TPSA) is 47.3 Å². The summed E-state index contributed by atoms with van der Waals surface area (Å²) >= 11 is 1.58. The Morgan fingerprint density at radius 2 is 1.96 bits per heavy atom. The van der Waals surface area contributed by atoms with E-state index >= 15 is 0 Å². The first-order valence-corrected chi connectivity index (χ1v) is 9.02. The van der Waals surface area contributed by atoms with Crippen LogP contribution in [0, 0.1) is 25.2 Å². The van der Waals surface area contributed by atoms with Gasteiger partial charge in [0.25, 0.3) is 5.91 Å². The number of nitrogens with zero attached hydrogens (tertiary/aromatic N) is 3. The first-order chi connectivity index (χ1) is 11.6. The molecule has 124 valence electrons. The molecule has 0 N–H and O–H groups in total. The van der Waals surface area contributed by atoms with Gasteiger partial charge in [-0.25, -0.2) is 0 Å². The summed E-state index contributed by atoms with van der Waals surface area (Å²) in [4.78, 5) is 18.9. The van der Waals surface area contributed by atoms with Crippen molar-refractivity contribution in [3.63, 3.8) is 0 Å². The highest BCUT2D eigenvalue weighted by molar-refractivity contribution is 7.14. The van der Waals surface area contributed by atoms with Crippen molar-refractivity contribution in [1.82, 2.24) is 4.90 Å². The maximum Gasteiger partial charge on any atom is 0.263 e. The third-order valence-corrected chi connectivity index (χ3v) is 5.67. The lowest BCUT2D eigenvalue weighted by Gasteiger charge is -2.24. The van der Waals surface area contributed by atoms with Crippen LogP contribution < -0.4 is 4.90 Å². The number of hydrogen-bond acceptors (Lipinski definition) is 4. The summed E-state index contributed by atoms with van der Waals surface area (Å²) in [6.45, 7) is 7.18. The van der Waals surface area contributed by atoms with E-state index < -0.39 is 0 Å². The van der Waals surface area contributed by atoms with Crippen molar-refractivity contribution in [2.75, 3.05) is 31.1 Å². The Labute approximate surface area is 146 Å². The van der Waals surface area contributed by atoms with Gasteiger partial charge in [0.1, 0.15) is 6.07 Å². The van der Waals surface area contributed by atoms with Crippen molar-refractivity contribution in [2.45, 2.75) is 20.3 Å². The molecule has 1 aliphatic heterocycles. The molecule has 1 amide bonds. The van der Waals surface area contributed by atoms with E-state index in [0.29, 0.717) is 12.1 Å². The summed E-state index contributed by atoms with van der Waals surface area (Å²) in [6.07, 6.45) is 0.912. The summed E-state index contributed by atoms with van der Waals surface area (Å²) in [5.74, 6) is 0.131. The van der Waals surface area contributed by atoms with Crippen LogP contribution in [0.3, 0.4) is 0 Å². The Kier molecular flexibility index (Phi) is 4.86. The predicted octanol–water partition coefficient (Wildman–Crippen LogP) is 3.59. The summed E-state index contributed by atoms with van der Waals surface area (Å²) in [7, 11) is 0. The highest BCUT2D eigenvalue weighted by Gasteiger charge is 2.22. The number of hydrogen-bond donors (Lipinski definition) is 0. The minimum atomic E-state index is 0.131. The molecule has 0 radical (unpaired) electrons. The lowest BCUT2D eigenvalue weighted by atomic mass is 10.1. The monoisotopic (exact) mass is 339 g/mol. The fourth-order valence-electron chi connectivity index (χ4n) is 3.04. The number of benzene rings is 1. The second kappa shape index (κ2) is 7.06. The maximum atomic E-state index is 12.7. The van der Waals surface area contributed by atoms with Crippen LogP contribution in [-0.2, 0) is 0 Å². The van der Waals surface area contributed by atoms with Crippen molar-refractivity contribution < 1.29 is 4.79 Å². The van der Waals surface area contributed by atoms with Gasteiger partial charge < -0.3 is 9.80 Å². The predicted molar refractivity (Wildman–Crippen MR) is 97.7 cm³/mol. The van der Waals surface area contributed by atoms with Gasteiger partial charge in [0.2, 0.25) is 0 Å². The van der Waals surface area contributed by atoms with Crippen molar-refractivity contribution in [3.05, 3.63) is 51.2 Å². The minimum absolute atomic E-state index is 0.131. The summed E-state index contributed by atoms with van der Waals surface area (Å²) < 4.78 is 0. The van der Waals surface area contributed by atoms with Gasteiger partial charge in [0, 0.05) is 31.1 Å². The third kappa shape index (κ3) is 3.29. The lowest BCUT2D eigenvalue weighted by molar-refractivity contribution is 0.0772. The normalized spacial score (nSPS) is 15.0. The van der Waals surface area contributed by atoms with E-state index in [-0.39, 0.29) is 5.91 Å². The van der Waals surface area contributed by atoms with Crippen LogP contribution in [0.4, 0.5) is 5.69 Å². The molecule has 4 nitrogen and oxygen atoms in total. The number of aryl methyl sites for hydroxylation is 2. The summed E-state index contributed by atoms with van der Waals surface area (Å²) in [5.41, 5.74) is 2.85. The van der Waals surface area contributed by atoms with Gasteiger partial charge in [0.05, 0.1) is 16.1 Å². The second-order valence-electron chi connectivity index (χ2n) is 6.11. The Bertz CT molecular complexity index is 771. The summed E-state index contributed by atoms with van der Waals surface area (Å²) in [6, 6.07) is 11.9. The number of amides is 1. The average molecular weight is 339 g/mol. The number of rotatable bonds is 2. The SMILES string of the molecule is Cc1cc(C(=O)N2CCCN(c3ccccc3C#N)CC2)sc1C. The first kappa shape index (κ1) is 16.5. The van der Waals surface area contributed by atoms with Crippen LogP contribution in [-0.4, -0.2) is 37.0 Å². The van der Waals surface area contributed by atoms with Crippen molar-refractivity contribution >= 4 is 22.9 Å². The molecule has 2 heterocycles. The largest absolute Gasteiger partial charge is 0.369 e. The molecule has 1 aromatic heterocycles. The molecule has 0 atom stereocenters. The van der Waals surface area contributed by atoms with Gasteiger partial charge in [-0.3, -0.25) is 4.79 Å². The molecular weight excluding hydrogens is 318 g/mol. The first-order valence-electron chi connectivity index (χ1n) is 8.20. The van der Waals surface area contributed by atoms with Crippen LogP contribution in [0.1, 0.15) is 32.1 Å². The molecule has 2 aromatic rings. The van der Waals surface area contributed by atoms with Gasteiger partial charge in [-0.1, -0.05) is 12.1 Å². The molecule has 0 aliphatic carbocycles.